The van der Waals surface area contributed by atoms with Crippen molar-refractivity contribution in [1.29, 1.82) is 0 Å². The van der Waals surface area contributed by atoms with Gasteiger partial charge in [0.1, 0.15) is 24.0 Å². The zero-order valence-electron chi connectivity index (χ0n) is 8.43. The Labute approximate surface area is 91.9 Å². The monoisotopic (exact) mass is 219 g/mol. The number of nitrogen functional groups attached to an aromatic ring is 1. The highest BCUT2D eigenvalue weighted by molar-refractivity contribution is 5.25. The summed E-state index contributed by atoms with van der Waals surface area (Å²) in [7, 11) is 0. The molecule has 5 heteroatoms. The first-order valence-electron chi connectivity index (χ1n) is 4.70. The molecule has 0 spiro atoms. The molecule has 0 amide bonds. The maximum atomic E-state index is 12.8. The van der Waals surface area contributed by atoms with Crippen LogP contribution in [0.1, 0.15) is 5.82 Å². The molecule has 4 nitrogen and oxygen atoms in total. The Bertz CT molecular complexity index is 445. The predicted molar refractivity (Wildman–Crippen MR) is 57.2 cm³/mol. The summed E-state index contributed by atoms with van der Waals surface area (Å²) in [4.78, 5) is 7.93. The van der Waals surface area contributed by atoms with Crippen LogP contribution in [-0.2, 0) is 6.61 Å². The van der Waals surface area contributed by atoms with Crippen molar-refractivity contribution in [2.45, 2.75) is 6.61 Å². The van der Waals surface area contributed by atoms with E-state index in [1.165, 1.54) is 12.1 Å². The van der Waals surface area contributed by atoms with Gasteiger partial charge in [0.05, 0.1) is 0 Å². The molecule has 0 bridgehead atoms. The van der Waals surface area contributed by atoms with Crippen molar-refractivity contribution in [2.75, 3.05) is 5.73 Å². The van der Waals surface area contributed by atoms with E-state index in [0.717, 1.165) is 0 Å². The molecule has 0 aliphatic carbocycles. The highest BCUT2D eigenvalue weighted by Gasteiger charge is 2.00. The van der Waals surface area contributed by atoms with Crippen LogP contribution in [0.15, 0.2) is 36.5 Å². The quantitative estimate of drug-likeness (QED) is 0.854. The molecule has 0 saturated heterocycles. The van der Waals surface area contributed by atoms with Crippen LogP contribution in [0.5, 0.6) is 5.75 Å². The van der Waals surface area contributed by atoms with Gasteiger partial charge in [-0.1, -0.05) is 6.07 Å². The first-order valence-corrected chi connectivity index (χ1v) is 4.70. The lowest BCUT2D eigenvalue weighted by Gasteiger charge is -2.05. The number of rotatable bonds is 3. The van der Waals surface area contributed by atoms with Gasteiger partial charge in [0, 0.05) is 12.3 Å². The second-order valence-electron chi connectivity index (χ2n) is 3.14. The van der Waals surface area contributed by atoms with Gasteiger partial charge in [0.25, 0.3) is 0 Å². The molecule has 0 aliphatic heterocycles. The number of hydrogen-bond donors (Lipinski definition) is 1. The first kappa shape index (κ1) is 10.4. The number of anilines is 1. The summed E-state index contributed by atoms with van der Waals surface area (Å²) in [6.07, 6.45) is 1.55. The fraction of sp³-hybridized carbons (Fsp3) is 0.0909. The van der Waals surface area contributed by atoms with Crippen LogP contribution >= 0.6 is 0 Å². The molecule has 1 aromatic heterocycles. The lowest BCUT2D eigenvalue weighted by Crippen LogP contribution is -2.03. The minimum atomic E-state index is -0.342. The van der Waals surface area contributed by atoms with Crippen LogP contribution in [0, 0.1) is 5.82 Å². The zero-order chi connectivity index (χ0) is 11.4. The third kappa shape index (κ3) is 2.66. The smallest absolute Gasteiger partial charge is 0.168 e. The second-order valence-corrected chi connectivity index (χ2v) is 3.14. The van der Waals surface area contributed by atoms with Crippen molar-refractivity contribution in [3.05, 3.63) is 48.2 Å². The largest absolute Gasteiger partial charge is 0.486 e. The van der Waals surface area contributed by atoms with E-state index in [-0.39, 0.29) is 12.4 Å². The van der Waals surface area contributed by atoms with E-state index in [4.69, 9.17) is 10.5 Å². The Morgan fingerprint density at radius 3 is 2.94 bits per heavy atom. The average Bonchev–Trinajstić information content (AvgIpc) is 2.27. The van der Waals surface area contributed by atoms with Gasteiger partial charge >= 0.3 is 0 Å². The van der Waals surface area contributed by atoms with Crippen molar-refractivity contribution >= 4 is 5.82 Å². The molecule has 0 aliphatic rings. The average molecular weight is 219 g/mol. The van der Waals surface area contributed by atoms with Crippen molar-refractivity contribution in [2.24, 2.45) is 0 Å². The van der Waals surface area contributed by atoms with E-state index in [0.29, 0.717) is 17.4 Å². The van der Waals surface area contributed by atoms with Gasteiger partial charge in [-0.2, -0.15) is 0 Å². The Balaban J connectivity index is 2.02. The molecule has 82 valence electrons. The van der Waals surface area contributed by atoms with Gasteiger partial charge in [-0.05, 0) is 18.2 Å². The van der Waals surface area contributed by atoms with E-state index in [1.807, 2.05) is 0 Å². The Morgan fingerprint density at radius 2 is 2.19 bits per heavy atom. The second kappa shape index (κ2) is 4.57. The Morgan fingerprint density at radius 1 is 1.31 bits per heavy atom. The minimum absolute atomic E-state index is 0.161. The molecule has 0 radical (unpaired) electrons. The maximum absolute atomic E-state index is 12.8. The van der Waals surface area contributed by atoms with Gasteiger partial charge in [-0.25, -0.2) is 14.4 Å². The highest BCUT2D eigenvalue weighted by Crippen LogP contribution is 2.13. The summed E-state index contributed by atoms with van der Waals surface area (Å²) < 4.78 is 18.1. The molecule has 2 N–H and O–H groups in total. The third-order valence-corrected chi connectivity index (χ3v) is 1.89. The number of halogens is 1. The van der Waals surface area contributed by atoms with E-state index in [2.05, 4.69) is 9.97 Å². The van der Waals surface area contributed by atoms with Gasteiger partial charge in [0.2, 0.25) is 0 Å². The molecule has 0 atom stereocenters. The Hall–Kier alpha value is -2.17. The van der Waals surface area contributed by atoms with Gasteiger partial charge < -0.3 is 10.5 Å². The predicted octanol–water partition coefficient (Wildman–Crippen LogP) is 1.78. The lowest BCUT2D eigenvalue weighted by molar-refractivity contribution is 0.294. The fourth-order valence-electron chi connectivity index (χ4n) is 1.19. The van der Waals surface area contributed by atoms with Crippen molar-refractivity contribution in [1.82, 2.24) is 9.97 Å². The molecule has 16 heavy (non-hydrogen) atoms. The normalized spacial score (nSPS) is 10.1. The highest BCUT2D eigenvalue weighted by atomic mass is 19.1. The van der Waals surface area contributed by atoms with Crippen molar-refractivity contribution < 1.29 is 9.13 Å². The van der Waals surface area contributed by atoms with Crippen molar-refractivity contribution in [3.63, 3.8) is 0 Å². The molecule has 0 saturated carbocycles. The van der Waals surface area contributed by atoms with Crippen LogP contribution in [0.2, 0.25) is 0 Å². The van der Waals surface area contributed by atoms with Crippen molar-refractivity contribution in [3.8, 4) is 5.75 Å². The van der Waals surface area contributed by atoms with Crippen LogP contribution in [-0.4, -0.2) is 9.97 Å². The summed E-state index contributed by atoms with van der Waals surface area (Å²) in [6.45, 7) is 0.161. The number of nitrogens with zero attached hydrogens (tertiary/aromatic N) is 2. The molecular weight excluding hydrogens is 209 g/mol. The van der Waals surface area contributed by atoms with E-state index in [1.54, 1.807) is 24.4 Å². The number of nitrogens with two attached hydrogens (primary N) is 1. The Kier molecular flexibility index (Phi) is 2.95. The molecule has 2 aromatic rings. The zero-order valence-corrected chi connectivity index (χ0v) is 8.43. The van der Waals surface area contributed by atoms with Gasteiger partial charge in [-0.15, -0.1) is 0 Å². The number of benzene rings is 1. The molecule has 0 fully saturated rings. The summed E-state index contributed by atoms with van der Waals surface area (Å²) in [6, 6.07) is 7.47. The molecular formula is C11H10FN3O. The lowest BCUT2D eigenvalue weighted by atomic mass is 10.3. The van der Waals surface area contributed by atoms with Crippen LogP contribution in [0.4, 0.5) is 10.2 Å². The number of ether oxygens (including phenoxy) is 1. The van der Waals surface area contributed by atoms with Crippen LogP contribution in [0.3, 0.4) is 0 Å². The topological polar surface area (TPSA) is 61.0 Å². The van der Waals surface area contributed by atoms with Gasteiger partial charge in [-0.3, -0.25) is 0 Å². The van der Waals surface area contributed by atoms with E-state index in [9.17, 15) is 4.39 Å². The molecule has 1 heterocycles. The van der Waals surface area contributed by atoms with E-state index >= 15 is 0 Å². The summed E-state index contributed by atoms with van der Waals surface area (Å²) in [5.74, 6) is 0.939. The standard InChI is InChI=1S/C11H10FN3O/c12-8-2-1-3-9(6-8)16-7-11-14-5-4-10(13)15-11/h1-6H,7H2,(H2,13,14,15). The fourth-order valence-corrected chi connectivity index (χ4v) is 1.19. The molecule has 0 unspecified atom stereocenters. The molecule has 2 rings (SSSR count). The van der Waals surface area contributed by atoms with E-state index < -0.39 is 0 Å². The summed E-state index contributed by atoms with van der Waals surface area (Å²) in [5.41, 5.74) is 5.49. The van der Waals surface area contributed by atoms with Gasteiger partial charge in [0.15, 0.2) is 5.82 Å². The number of hydrogen-bond acceptors (Lipinski definition) is 4. The maximum Gasteiger partial charge on any atom is 0.168 e. The summed E-state index contributed by atoms with van der Waals surface area (Å²) in [5, 5.41) is 0. The van der Waals surface area contributed by atoms with Crippen LogP contribution < -0.4 is 10.5 Å². The van der Waals surface area contributed by atoms with Crippen LogP contribution in [0.25, 0.3) is 0 Å². The first-order chi connectivity index (χ1) is 7.74. The molecule has 1 aromatic carbocycles. The third-order valence-electron chi connectivity index (χ3n) is 1.89. The summed E-state index contributed by atoms with van der Waals surface area (Å²) >= 11 is 0. The minimum Gasteiger partial charge on any atom is -0.486 e. The SMILES string of the molecule is Nc1ccnc(COc2cccc(F)c2)n1. The number of aromatic nitrogens is 2.